The molecule has 0 bridgehead atoms. The van der Waals surface area contributed by atoms with E-state index in [9.17, 15) is 18.0 Å². The number of anilines is 1. The molecule has 3 rings (SSSR count). The molecule has 1 atom stereocenters. The Labute approximate surface area is 261 Å². The summed E-state index contributed by atoms with van der Waals surface area (Å²) in [6.07, 6.45) is 1.76. The standard InChI is InChI=1S/C33H42ClN3O5S/c1-5-42-29-19-17-28(18-20-29)37(43(4,40)41)21-11-16-32(38)36(24-27-14-9-10-15-30(27)34)31(33(39)35-23-25(2)3)22-26-12-7-6-8-13-26/h6-10,12-15,17-20,25,31H,5,11,16,21-24H2,1-4H3,(H,35,39). The number of halogens is 1. The molecule has 0 spiro atoms. The van der Waals surface area contributed by atoms with Crippen molar-refractivity contribution < 1.29 is 22.7 Å². The quantitative estimate of drug-likeness (QED) is 0.220. The van der Waals surface area contributed by atoms with Gasteiger partial charge in [0.1, 0.15) is 11.8 Å². The highest BCUT2D eigenvalue weighted by Crippen LogP contribution is 2.24. The number of nitrogens with one attached hydrogen (secondary N) is 1. The first-order valence-electron chi connectivity index (χ1n) is 14.5. The largest absolute Gasteiger partial charge is 0.494 e. The maximum absolute atomic E-state index is 13.9. The molecule has 8 nitrogen and oxygen atoms in total. The van der Waals surface area contributed by atoms with Crippen LogP contribution < -0.4 is 14.4 Å². The number of sulfonamides is 1. The van der Waals surface area contributed by atoms with Gasteiger partial charge in [-0.25, -0.2) is 8.42 Å². The number of amides is 2. The van der Waals surface area contributed by atoms with Gasteiger partial charge in [0.05, 0.1) is 18.6 Å². The van der Waals surface area contributed by atoms with E-state index < -0.39 is 16.1 Å². The highest BCUT2D eigenvalue weighted by atomic mass is 35.5. The van der Waals surface area contributed by atoms with Gasteiger partial charge in [-0.05, 0) is 60.7 Å². The number of benzene rings is 3. The smallest absolute Gasteiger partial charge is 0.243 e. The molecule has 10 heteroatoms. The van der Waals surface area contributed by atoms with Gasteiger partial charge < -0.3 is 15.0 Å². The van der Waals surface area contributed by atoms with Gasteiger partial charge in [-0.2, -0.15) is 0 Å². The molecular formula is C33H42ClN3O5S. The lowest BCUT2D eigenvalue weighted by Crippen LogP contribution is -2.51. The number of rotatable bonds is 16. The Morgan fingerprint density at radius 3 is 2.21 bits per heavy atom. The molecule has 0 saturated carbocycles. The zero-order valence-corrected chi connectivity index (χ0v) is 26.9. The Balaban J connectivity index is 1.87. The minimum atomic E-state index is -3.62. The van der Waals surface area contributed by atoms with Crippen LogP contribution in [-0.4, -0.2) is 57.1 Å². The Morgan fingerprint density at radius 2 is 1.60 bits per heavy atom. The number of carbonyl (C=O) groups excluding carboxylic acids is 2. The third kappa shape index (κ3) is 10.6. The van der Waals surface area contributed by atoms with Crippen LogP contribution in [0.1, 0.15) is 44.7 Å². The van der Waals surface area contributed by atoms with E-state index in [1.54, 1.807) is 35.2 Å². The lowest BCUT2D eigenvalue weighted by Gasteiger charge is -2.32. The molecule has 0 aliphatic carbocycles. The SMILES string of the molecule is CCOc1ccc(N(CCCC(=O)N(Cc2ccccc2Cl)C(Cc2ccccc2)C(=O)NCC(C)C)S(C)(=O)=O)cc1. The van der Waals surface area contributed by atoms with Crippen molar-refractivity contribution in [3.8, 4) is 5.75 Å². The van der Waals surface area contributed by atoms with Gasteiger partial charge in [0.2, 0.25) is 21.8 Å². The highest BCUT2D eigenvalue weighted by Gasteiger charge is 2.31. The Hall–Kier alpha value is -3.56. The molecule has 0 fully saturated rings. The van der Waals surface area contributed by atoms with E-state index in [-0.39, 0.29) is 43.7 Å². The van der Waals surface area contributed by atoms with E-state index in [2.05, 4.69) is 5.32 Å². The fourth-order valence-electron chi connectivity index (χ4n) is 4.67. The summed E-state index contributed by atoms with van der Waals surface area (Å²) in [4.78, 5) is 29.1. The topological polar surface area (TPSA) is 96.0 Å². The second-order valence-corrected chi connectivity index (χ2v) is 13.1. The Bertz CT molecular complexity index is 1430. The van der Waals surface area contributed by atoms with Gasteiger partial charge in [0.15, 0.2) is 0 Å². The minimum absolute atomic E-state index is 0.0379. The maximum atomic E-state index is 13.9. The monoisotopic (exact) mass is 627 g/mol. The molecule has 0 aromatic heterocycles. The minimum Gasteiger partial charge on any atom is -0.494 e. The Morgan fingerprint density at radius 1 is 0.953 bits per heavy atom. The van der Waals surface area contributed by atoms with Gasteiger partial charge in [-0.1, -0.05) is 74.0 Å². The van der Waals surface area contributed by atoms with E-state index in [0.717, 1.165) is 17.4 Å². The summed E-state index contributed by atoms with van der Waals surface area (Å²) in [6, 6.07) is 22.8. The summed E-state index contributed by atoms with van der Waals surface area (Å²) >= 11 is 6.49. The molecule has 0 radical (unpaired) electrons. The molecule has 0 aliphatic heterocycles. The zero-order valence-electron chi connectivity index (χ0n) is 25.3. The second-order valence-electron chi connectivity index (χ2n) is 10.8. The van der Waals surface area contributed by atoms with E-state index >= 15 is 0 Å². The van der Waals surface area contributed by atoms with Crippen LogP contribution in [0.3, 0.4) is 0 Å². The van der Waals surface area contributed by atoms with E-state index in [1.807, 2.05) is 69.3 Å². The predicted molar refractivity (Wildman–Crippen MR) is 173 cm³/mol. The molecule has 3 aromatic rings. The molecule has 0 aliphatic rings. The Kier molecular flexibility index (Phi) is 12.9. The summed E-state index contributed by atoms with van der Waals surface area (Å²) in [6.45, 7) is 7.11. The van der Waals surface area contributed by atoms with Crippen molar-refractivity contribution in [3.05, 3.63) is 95.0 Å². The summed E-state index contributed by atoms with van der Waals surface area (Å²) in [5.74, 6) is 0.370. The number of hydrogen-bond acceptors (Lipinski definition) is 5. The number of hydrogen-bond donors (Lipinski definition) is 1. The summed E-state index contributed by atoms with van der Waals surface area (Å²) in [5, 5.41) is 3.50. The fraction of sp³-hybridized carbons (Fsp3) is 0.394. The molecule has 1 unspecified atom stereocenters. The van der Waals surface area contributed by atoms with Gasteiger partial charge in [0, 0.05) is 37.5 Å². The van der Waals surface area contributed by atoms with Crippen LogP contribution in [0.4, 0.5) is 5.69 Å². The van der Waals surface area contributed by atoms with Gasteiger partial charge in [0.25, 0.3) is 0 Å². The third-order valence-electron chi connectivity index (χ3n) is 6.84. The van der Waals surface area contributed by atoms with Crippen LogP contribution in [0.5, 0.6) is 5.75 Å². The van der Waals surface area contributed by atoms with Crippen LogP contribution in [-0.2, 0) is 32.6 Å². The maximum Gasteiger partial charge on any atom is 0.243 e. The van der Waals surface area contributed by atoms with Gasteiger partial charge in [-0.3, -0.25) is 13.9 Å². The first-order valence-corrected chi connectivity index (χ1v) is 16.8. The number of carbonyl (C=O) groups is 2. The molecule has 2 amide bonds. The average Bonchev–Trinajstić information content (AvgIpc) is 2.97. The van der Waals surface area contributed by atoms with Crippen LogP contribution in [0.25, 0.3) is 0 Å². The van der Waals surface area contributed by atoms with Crippen molar-refractivity contribution in [1.29, 1.82) is 0 Å². The third-order valence-corrected chi connectivity index (χ3v) is 8.40. The van der Waals surface area contributed by atoms with Crippen molar-refractivity contribution >= 4 is 39.1 Å². The van der Waals surface area contributed by atoms with Crippen molar-refractivity contribution in [2.24, 2.45) is 5.92 Å². The van der Waals surface area contributed by atoms with Crippen LogP contribution >= 0.6 is 11.6 Å². The summed E-state index contributed by atoms with van der Waals surface area (Å²) in [5.41, 5.74) is 2.13. The summed E-state index contributed by atoms with van der Waals surface area (Å²) in [7, 11) is -3.62. The molecule has 0 saturated heterocycles. The normalized spacial score (nSPS) is 12.0. The van der Waals surface area contributed by atoms with E-state index in [4.69, 9.17) is 16.3 Å². The molecular weight excluding hydrogens is 586 g/mol. The highest BCUT2D eigenvalue weighted by molar-refractivity contribution is 7.92. The summed E-state index contributed by atoms with van der Waals surface area (Å²) < 4.78 is 32.1. The molecule has 0 heterocycles. The van der Waals surface area contributed by atoms with E-state index in [1.165, 1.54) is 4.31 Å². The first kappa shape index (κ1) is 33.9. The average molecular weight is 628 g/mol. The van der Waals surface area contributed by atoms with Crippen LogP contribution in [0.2, 0.25) is 5.02 Å². The number of nitrogens with zero attached hydrogens (tertiary/aromatic N) is 2. The molecule has 1 N–H and O–H groups in total. The van der Waals surface area contributed by atoms with E-state index in [0.29, 0.717) is 36.0 Å². The van der Waals surface area contributed by atoms with Crippen molar-refractivity contribution in [1.82, 2.24) is 10.2 Å². The van der Waals surface area contributed by atoms with Crippen LogP contribution in [0, 0.1) is 5.92 Å². The van der Waals surface area contributed by atoms with Gasteiger partial charge in [-0.15, -0.1) is 0 Å². The second kappa shape index (κ2) is 16.3. The lowest BCUT2D eigenvalue weighted by atomic mass is 10.0. The van der Waals surface area contributed by atoms with Crippen molar-refractivity contribution in [2.45, 2.75) is 52.6 Å². The zero-order chi connectivity index (χ0) is 31.4. The molecule has 3 aromatic carbocycles. The first-order chi connectivity index (χ1) is 20.5. The van der Waals surface area contributed by atoms with Crippen LogP contribution in [0.15, 0.2) is 78.9 Å². The molecule has 232 valence electrons. The van der Waals surface area contributed by atoms with Crippen molar-refractivity contribution in [2.75, 3.05) is 30.3 Å². The van der Waals surface area contributed by atoms with Crippen molar-refractivity contribution in [3.63, 3.8) is 0 Å². The van der Waals surface area contributed by atoms with Gasteiger partial charge >= 0.3 is 0 Å². The number of ether oxygens (including phenoxy) is 1. The fourth-order valence-corrected chi connectivity index (χ4v) is 5.83. The molecule has 43 heavy (non-hydrogen) atoms. The predicted octanol–water partition coefficient (Wildman–Crippen LogP) is 5.70. The lowest BCUT2D eigenvalue weighted by molar-refractivity contribution is -0.141.